The van der Waals surface area contributed by atoms with Gasteiger partial charge in [-0.1, -0.05) is 79.2 Å². The minimum absolute atomic E-state index is 0.311. The van der Waals surface area contributed by atoms with Crippen molar-refractivity contribution >= 4 is 5.78 Å². The van der Waals surface area contributed by atoms with Gasteiger partial charge in [-0.3, -0.25) is 4.79 Å². The van der Waals surface area contributed by atoms with Gasteiger partial charge in [0.2, 0.25) is 0 Å². The van der Waals surface area contributed by atoms with Gasteiger partial charge in [0.15, 0.2) is 5.78 Å². The van der Waals surface area contributed by atoms with Gasteiger partial charge in [-0.05, 0) is 96.9 Å². The minimum atomic E-state index is 0.311. The number of carbonyl (C=O) groups is 1. The molecule has 1 nitrogen and oxygen atoms in total. The van der Waals surface area contributed by atoms with Crippen LogP contribution >= 0.6 is 0 Å². The SMILES string of the molecule is CCCC1CC2=CC(=O)CC[C@]2(C)C2CC[C@]3(C)C(C(C)CCCC(C)C)CCC3C12. The van der Waals surface area contributed by atoms with Gasteiger partial charge in [-0.25, -0.2) is 0 Å². The number of carbonyl (C=O) groups excluding carboxylic acids is 1. The smallest absolute Gasteiger partial charge is 0.155 e. The number of allylic oxidation sites excluding steroid dienone is 1. The third kappa shape index (κ3) is 4.10. The molecule has 0 saturated heterocycles. The van der Waals surface area contributed by atoms with Gasteiger partial charge in [0.05, 0.1) is 0 Å². The van der Waals surface area contributed by atoms with Crippen molar-refractivity contribution in [3.05, 3.63) is 11.6 Å². The molecule has 0 N–H and O–H groups in total. The number of hydrogen-bond donors (Lipinski definition) is 0. The first-order chi connectivity index (χ1) is 14.7. The van der Waals surface area contributed by atoms with Crippen LogP contribution in [0.4, 0.5) is 0 Å². The molecule has 6 unspecified atom stereocenters. The molecule has 0 amide bonds. The lowest BCUT2D eigenvalue weighted by Gasteiger charge is -2.61. The van der Waals surface area contributed by atoms with Crippen LogP contribution in [0.25, 0.3) is 0 Å². The summed E-state index contributed by atoms with van der Waals surface area (Å²) in [5.41, 5.74) is 2.42. The highest BCUT2D eigenvalue weighted by Gasteiger charge is 2.61. The van der Waals surface area contributed by atoms with Crippen LogP contribution in [0.2, 0.25) is 0 Å². The molecule has 0 aromatic heterocycles. The van der Waals surface area contributed by atoms with E-state index in [1.165, 1.54) is 64.2 Å². The zero-order valence-corrected chi connectivity index (χ0v) is 21.5. The van der Waals surface area contributed by atoms with Crippen molar-refractivity contribution in [2.24, 2.45) is 52.3 Å². The number of rotatable bonds is 7. The summed E-state index contributed by atoms with van der Waals surface area (Å²) in [5, 5.41) is 0. The Morgan fingerprint density at radius 2 is 1.81 bits per heavy atom. The number of hydrogen-bond acceptors (Lipinski definition) is 1. The van der Waals surface area contributed by atoms with Crippen LogP contribution in [0.5, 0.6) is 0 Å². The Morgan fingerprint density at radius 3 is 2.52 bits per heavy atom. The molecular weight excluding hydrogens is 376 g/mol. The molecule has 4 aliphatic carbocycles. The van der Waals surface area contributed by atoms with Crippen LogP contribution in [0.3, 0.4) is 0 Å². The van der Waals surface area contributed by atoms with E-state index >= 15 is 0 Å². The fraction of sp³-hybridized carbons (Fsp3) is 0.900. The molecule has 3 fully saturated rings. The van der Waals surface area contributed by atoms with Gasteiger partial charge in [0.1, 0.15) is 0 Å². The van der Waals surface area contributed by atoms with Crippen LogP contribution in [0, 0.1) is 52.3 Å². The van der Waals surface area contributed by atoms with Gasteiger partial charge < -0.3 is 0 Å². The number of fused-ring (bicyclic) bond motifs is 5. The van der Waals surface area contributed by atoms with Gasteiger partial charge in [0.25, 0.3) is 0 Å². The third-order valence-electron chi connectivity index (χ3n) is 11.0. The van der Waals surface area contributed by atoms with Crippen molar-refractivity contribution in [1.82, 2.24) is 0 Å². The largest absolute Gasteiger partial charge is 0.295 e. The summed E-state index contributed by atoms with van der Waals surface area (Å²) in [7, 11) is 0. The van der Waals surface area contributed by atoms with Gasteiger partial charge >= 0.3 is 0 Å². The van der Waals surface area contributed by atoms with Crippen LogP contribution in [0.1, 0.15) is 119 Å². The van der Waals surface area contributed by atoms with E-state index in [2.05, 4.69) is 47.6 Å². The molecule has 31 heavy (non-hydrogen) atoms. The highest BCUT2D eigenvalue weighted by atomic mass is 16.1. The standard InChI is InChI=1S/C30H50O/c1-7-9-22-18-23-19-24(31)14-16-29(23,5)27-15-17-30(6)25(12-13-26(30)28(22)27)21(4)11-8-10-20(2)3/h19-22,25-28H,7-18H2,1-6H3/t21?,22?,25?,26?,27?,28?,29-,30+/m0/s1. The molecule has 4 rings (SSSR count). The molecule has 0 aliphatic heterocycles. The second kappa shape index (κ2) is 8.98. The molecule has 0 aromatic carbocycles. The van der Waals surface area contributed by atoms with Crippen LogP contribution in [-0.4, -0.2) is 5.78 Å². The highest BCUT2D eigenvalue weighted by Crippen LogP contribution is 2.69. The predicted octanol–water partition coefficient (Wildman–Crippen LogP) is 8.62. The summed E-state index contributed by atoms with van der Waals surface area (Å²) < 4.78 is 0. The normalized spacial score (nSPS) is 43.3. The highest BCUT2D eigenvalue weighted by molar-refractivity contribution is 5.91. The summed E-state index contributed by atoms with van der Waals surface area (Å²) in [6.45, 7) is 15.0. The Hall–Kier alpha value is -0.590. The van der Waals surface area contributed by atoms with Crippen molar-refractivity contribution in [1.29, 1.82) is 0 Å². The molecule has 8 atom stereocenters. The molecular formula is C30H50O. The third-order valence-corrected chi connectivity index (χ3v) is 11.0. The second-order valence-corrected chi connectivity index (χ2v) is 13.1. The molecule has 176 valence electrons. The van der Waals surface area contributed by atoms with E-state index in [1.54, 1.807) is 5.57 Å². The van der Waals surface area contributed by atoms with E-state index in [9.17, 15) is 4.79 Å². The second-order valence-electron chi connectivity index (χ2n) is 13.1. The van der Waals surface area contributed by atoms with Crippen molar-refractivity contribution in [2.45, 2.75) is 119 Å². The van der Waals surface area contributed by atoms with Crippen molar-refractivity contribution < 1.29 is 4.79 Å². The average molecular weight is 427 g/mol. The molecule has 3 saturated carbocycles. The summed E-state index contributed by atoms with van der Waals surface area (Å²) in [6, 6.07) is 0. The number of ketones is 1. The fourth-order valence-electron chi connectivity index (χ4n) is 9.39. The molecule has 1 heteroatoms. The Balaban J connectivity index is 1.58. The van der Waals surface area contributed by atoms with E-state index in [0.29, 0.717) is 16.6 Å². The van der Waals surface area contributed by atoms with Crippen LogP contribution in [0.15, 0.2) is 11.6 Å². The Kier molecular flexibility index (Phi) is 6.83. The van der Waals surface area contributed by atoms with E-state index in [-0.39, 0.29) is 0 Å². The fourth-order valence-corrected chi connectivity index (χ4v) is 9.39. The van der Waals surface area contributed by atoms with E-state index < -0.39 is 0 Å². The van der Waals surface area contributed by atoms with Crippen molar-refractivity contribution in [2.75, 3.05) is 0 Å². The van der Waals surface area contributed by atoms with Gasteiger partial charge in [-0.2, -0.15) is 0 Å². The molecule has 0 spiro atoms. The van der Waals surface area contributed by atoms with Gasteiger partial charge in [-0.15, -0.1) is 0 Å². The first-order valence-electron chi connectivity index (χ1n) is 13.9. The Labute approximate surface area is 193 Å². The lowest BCUT2D eigenvalue weighted by molar-refractivity contribution is -0.119. The van der Waals surface area contributed by atoms with Gasteiger partial charge in [0, 0.05) is 6.42 Å². The topological polar surface area (TPSA) is 17.1 Å². The van der Waals surface area contributed by atoms with Crippen molar-refractivity contribution in [3.63, 3.8) is 0 Å². The maximum Gasteiger partial charge on any atom is 0.155 e. The molecule has 4 aliphatic rings. The molecule has 0 bridgehead atoms. The lowest BCUT2D eigenvalue weighted by atomic mass is 9.44. The predicted molar refractivity (Wildman–Crippen MR) is 132 cm³/mol. The first kappa shape index (κ1) is 23.6. The molecule has 0 heterocycles. The first-order valence-corrected chi connectivity index (χ1v) is 13.9. The Morgan fingerprint density at radius 1 is 1.03 bits per heavy atom. The average Bonchev–Trinajstić information content (AvgIpc) is 3.06. The summed E-state index contributed by atoms with van der Waals surface area (Å²) in [4.78, 5) is 12.3. The van der Waals surface area contributed by atoms with Crippen molar-refractivity contribution in [3.8, 4) is 0 Å². The lowest BCUT2D eigenvalue weighted by Crippen LogP contribution is -2.54. The molecule has 0 aromatic rings. The van der Waals surface area contributed by atoms with E-state index in [0.717, 1.165) is 54.3 Å². The van der Waals surface area contributed by atoms with Crippen LogP contribution < -0.4 is 0 Å². The maximum atomic E-state index is 12.3. The zero-order chi connectivity index (χ0) is 22.4. The molecule has 0 radical (unpaired) electrons. The Bertz CT molecular complexity index is 689. The monoisotopic (exact) mass is 426 g/mol. The maximum absolute atomic E-state index is 12.3. The van der Waals surface area contributed by atoms with E-state index in [4.69, 9.17) is 0 Å². The van der Waals surface area contributed by atoms with Crippen LogP contribution in [-0.2, 0) is 4.79 Å². The van der Waals surface area contributed by atoms with E-state index in [1.807, 2.05) is 0 Å². The summed E-state index contributed by atoms with van der Waals surface area (Å²) >= 11 is 0. The quantitative estimate of drug-likeness (QED) is 0.398. The summed E-state index contributed by atoms with van der Waals surface area (Å²) in [6.07, 6.45) is 17.9. The zero-order valence-electron chi connectivity index (χ0n) is 21.5. The minimum Gasteiger partial charge on any atom is -0.295 e. The summed E-state index contributed by atoms with van der Waals surface area (Å²) in [5.74, 6) is 6.54.